The number of hydrogen-bond acceptors (Lipinski definition) is 2. The molecular formula is C14H14BrClN2. The highest BCUT2D eigenvalue weighted by Gasteiger charge is 2.06. The Morgan fingerprint density at radius 1 is 1.28 bits per heavy atom. The highest BCUT2D eigenvalue weighted by Crippen LogP contribution is 2.25. The second kappa shape index (κ2) is 6.21. The molecule has 94 valence electrons. The van der Waals surface area contributed by atoms with Gasteiger partial charge in [0, 0.05) is 29.3 Å². The molecule has 0 aliphatic rings. The van der Waals surface area contributed by atoms with Crippen molar-refractivity contribution >= 4 is 33.2 Å². The summed E-state index contributed by atoms with van der Waals surface area (Å²) < 4.78 is 0. The van der Waals surface area contributed by atoms with Crippen LogP contribution in [0.15, 0.2) is 42.6 Å². The topological polar surface area (TPSA) is 16.1 Å². The van der Waals surface area contributed by atoms with E-state index in [1.807, 2.05) is 43.6 Å². The molecule has 0 spiro atoms. The molecule has 0 saturated heterocycles. The molecule has 0 aliphatic carbocycles. The Balaban J connectivity index is 2.14. The average molecular weight is 326 g/mol. The predicted molar refractivity (Wildman–Crippen MR) is 80.4 cm³/mol. The zero-order valence-electron chi connectivity index (χ0n) is 10.1. The maximum absolute atomic E-state index is 6.20. The monoisotopic (exact) mass is 324 g/mol. The predicted octanol–water partition coefficient (Wildman–Crippen LogP) is 4.27. The first-order valence-corrected chi connectivity index (χ1v) is 7.16. The van der Waals surface area contributed by atoms with Crippen molar-refractivity contribution in [3.8, 4) is 0 Å². The largest absolute Gasteiger partial charge is 0.369 e. The smallest absolute Gasteiger partial charge is 0.0598 e. The lowest BCUT2D eigenvalue weighted by molar-refractivity contribution is 0.885. The Morgan fingerprint density at radius 3 is 2.72 bits per heavy atom. The van der Waals surface area contributed by atoms with E-state index in [0.29, 0.717) is 0 Å². The van der Waals surface area contributed by atoms with Gasteiger partial charge in [0.2, 0.25) is 0 Å². The third kappa shape index (κ3) is 3.24. The number of alkyl halides is 1. The lowest BCUT2D eigenvalue weighted by Gasteiger charge is -2.19. The Kier molecular flexibility index (Phi) is 4.61. The van der Waals surface area contributed by atoms with Crippen molar-refractivity contribution in [2.24, 2.45) is 0 Å². The molecular weight excluding hydrogens is 312 g/mol. The number of benzene rings is 1. The summed E-state index contributed by atoms with van der Waals surface area (Å²) in [4.78, 5) is 6.45. The molecule has 0 fully saturated rings. The fourth-order valence-corrected chi connectivity index (χ4v) is 2.60. The number of anilines is 1. The van der Waals surface area contributed by atoms with E-state index in [0.717, 1.165) is 33.8 Å². The molecule has 0 unspecified atom stereocenters. The molecule has 2 rings (SSSR count). The van der Waals surface area contributed by atoms with Crippen LogP contribution in [-0.2, 0) is 11.9 Å². The summed E-state index contributed by atoms with van der Waals surface area (Å²) >= 11 is 9.62. The van der Waals surface area contributed by atoms with E-state index in [1.165, 1.54) is 0 Å². The number of halogens is 2. The van der Waals surface area contributed by atoms with Gasteiger partial charge < -0.3 is 4.90 Å². The van der Waals surface area contributed by atoms with Crippen LogP contribution in [0, 0.1) is 0 Å². The quantitative estimate of drug-likeness (QED) is 0.781. The molecule has 1 heterocycles. The Morgan fingerprint density at radius 2 is 2.11 bits per heavy atom. The van der Waals surface area contributed by atoms with Gasteiger partial charge in [0.25, 0.3) is 0 Å². The van der Waals surface area contributed by atoms with E-state index >= 15 is 0 Å². The Labute approximate surface area is 121 Å². The number of rotatable bonds is 4. The minimum absolute atomic E-state index is 0.769. The van der Waals surface area contributed by atoms with Gasteiger partial charge in [-0.15, -0.1) is 0 Å². The summed E-state index contributed by atoms with van der Waals surface area (Å²) in [7, 11) is 2.04. The van der Waals surface area contributed by atoms with Crippen LogP contribution in [0.3, 0.4) is 0 Å². The van der Waals surface area contributed by atoms with Gasteiger partial charge in [-0.25, -0.2) is 0 Å². The van der Waals surface area contributed by atoms with E-state index in [-0.39, 0.29) is 0 Å². The molecule has 2 aromatic rings. The molecule has 18 heavy (non-hydrogen) atoms. The van der Waals surface area contributed by atoms with Gasteiger partial charge in [0.1, 0.15) is 0 Å². The van der Waals surface area contributed by atoms with E-state index in [2.05, 4.69) is 31.9 Å². The van der Waals surface area contributed by atoms with E-state index in [4.69, 9.17) is 11.6 Å². The highest BCUT2D eigenvalue weighted by atomic mass is 79.9. The van der Waals surface area contributed by atoms with Crippen LogP contribution in [0.4, 0.5) is 5.69 Å². The Bertz CT molecular complexity index is 516. The molecule has 0 radical (unpaired) electrons. The molecule has 0 bridgehead atoms. The van der Waals surface area contributed by atoms with Crippen molar-refractivity contribution in [1.29, 1.82) is 0 Å². The summed E-state index contributed by atoms with van der Waals surface area (Å²) in [6.07, 6.45) is 1.81. The minimum atomic E-state index is 0.769. The number of aromatic nitrogens is 1. The van der Waals surface area contributed by atoms with Gasteiger partial charge >= 0.3 is 0 Å². The first-order valence-electron chi connectivity index (χ1n) is 5.66. The molecule has 1 aromatic carbocycles. The van der Waals surface area contributed by atoms with E-state index in [9.17, 15) is 0 Å². The highest BCUT2D eigenvalue weighted by molar-refractivity contribution is 9.08. The third-order valence-electron chi connectivity index (χ3n) is 2.75. The van der Waals surface area contributed by atoms with Crippen LogP contribution in [0.2, 0.25) is 5.02 Å². The van der Waals surface area contributed by atoms with Crippen LogP contribution in [0.5, 0.6) is 0 Å². The maximum atomic E-state index is 6.20. The van der Waals surface area contributed by atoms with Crippen molar-refractivity contribution in [2.45, 2.75) is 11.9 Å². The zero-order valence-corrected chi connectivity index (χ0v) is 12.4. The summed E-state index contributed by atoms with van der Waals surface area (Å²) in [5, 5.41) is 1.56. The van der Waals surface area contributed by atoms with Gasteiger partial charge in [0.15, 0.2) is 0 Å². The molecule has 4 heteroatoms. The molecule has 0 aliphatic heterocycles. The molecule has 0 amide bonds. The SMILES string of the molecule is CN(Cc1ccccn1)c1ccc(CBr)c(Cl)c1. The fraction of sp³-hybridized carbons (Fsp3) is 0.214. The first-order chi connectivity index (χ1) is 8.70. The van der Waals surface area contributed by atoms with Crippen LogP contribution in [0.1, 0.15) is 11.3 Å². The Hall–Kier alpha value is -1.06. The molecule has 0 N–H and O–H groups in total. The van der Waals surface area contributed by atoms with Crippen LogP contribution >= 0.6 is 27.5 Å². The summed E-state index contributed by atoms with van der Waals surface area (Å²) in [6.45, 7) is 0.769. The molecule has 1 aromatic heterocycles. The minimum Gasteiger partial charge on any atom is -0.369 e. The van der Waals surface area contributed by atoms with Crippen molar-refractivity contribution in [2.75, 3.05) is 11.9 Å². The van der Waals surface area contributed by atoms with Gasteiger partial charge in [-0.3, -0.25) is 4.98 Å². The van der Waals surface area contributed by atoms with Crippen molar-refractivity contribution in [3.05, 3.63) is 58.9 Å². The molecule has 2 nitrogen and oxygen atoms in total. The van der Waals surface area contributed by atoms with Gasteiger partial charge in [0.05, 0.1) is 12.2 Å². The van der Waals surface area contributed by atoms with Crippen LogP contribution in [0.25, 0.3) is 0 Å². The number of nitrogens with zero attached hydrogens (tertiary/aromatic N) is 2. The van der Waals surface area contributed by atoms with E-state index in [1.54, 1.807) is 0 Å². The summed E-state index contributed by atoms with van der Waals surface area (Å²) in [5.74, 6) is 0. The fourth-order valence-electron chi connectivity index (χ4n) is 1.71. The second-order valence-corrected chi connectivity index (χ2v) is 5.05. The molecule has 0 saturated carbocycles. The van der Waals surface area contributed by atoms with Crippen LogP contribution in [-0.4, -0.2) is 12.0 Å². The lowest BCUT2D eigenvalue weighted by Crippen LogP contribution is -2.17. The summed E-state index contributed by atoms with van der Waals surface area (Å²) in [6, 6.07) is 12.0. The van der Waals surface area contributed by atoms with Gasteiger partial charge in [-0.1, -0.05) is 39.7 Å². The third-order valence-corrected chi connectivity index (χ3v) is 3.70. The average Bonchev–Trinajstić information content (AvgIpc) is 2.39. The molecule has 0 atom stereocenters. The first kappa shape index (κ1) is 13.4. The van der Waals surface area contributed by atoms with Crippen molar-refractivity contribution < 1.29 is 0 Å². The standard InChI is InChI=1S/C14H14BrClN2/c1-18(10-12-4-2-3-7-17-12)13-6-5-11(9-15)14(16)8-13/h2-8H,9-10H2,1H3. The van der Waals surface area contributed by atoms with Crippen molar-refractivity contribution in [3.63, 3.8) is 0 Å². The van der Waals surface area contributed by atoms with Gasteiger partial charge in [-0.2, -0.15) is 0 Å². The lowest BCUT2D eigenvalue weighted by atomic mass is 10.2. The van der Waals surface area contributed by atoms with E-state index < -0.39 is 0 Å². The van der Waals surface area contributed by atoms with Crippen molar-refractivity contribution in [1.82, 2.24) is 4.98 Å². The second-order valence-electron chi connectivity index (χ2n) is 4.09. The normalized spacial score (nSPS) is 10.4. The zero-order chi connectivity index (χ0) is 13.0. The van der Waals surface area contributed by atoms with Gasteiger partial charge in [-0.05, 0) is 29.8 Å². The number of pyridine rings is 1. The maximum Gasteiger partial charge on any atom is 0.0598 e. The van der Waals surface area contributed by atoms with Crippen LogP contribution < -0.4 is 4.90 Å². The summed E-state index contributed by atoms with van der Waals surface area (Å²) in [5.41, 5.74) is 3.24. The number of hydrogen-bond donors (Lipinski definition) is 0.